The van der Waals surface area contributed by atoms with E-state index < -0.39 is 0 Å². The van der Waals surface area contributed by atoms with E-state index in [2.05, 4.69) is 12.1 Å². The Labute approximate surface area is 114 Å². The van der Waals surface area contributed by atoms with E-state index in [0.29, 0.717) is 5.25 Å². The second kappa shape index (κ2) is 4.82. The lowest BCUT2D eigenvalue weighted by atomic mass is 10.2. The molecule has 2 N–H and O–H groups in total. The monoisotopic (exact) mass is 278 g/mol. The third kappa shape index (κ3) is 2.08. The van der Waals surface area contributed by atoms with E-state index >= 15 is 0 Å². The molecule has 1 saturated heterocycles. The lowest BCUT2D eigenvalue weighted by Gasteiger charge is -2.28. The van der Waals surface area contributed by atoms with Crippen LogP contribution in [0.4, 0.5) is 5.69 Å². The van der Waals surface area contributed by atoms with Crippen LogP contribution in [0.25, 0.3) is 10.1 Å². The van der Waals surface area contributed by atoms with Gasteiger partial charge in [0.05, 0.1) is 5.25 Å². The lowest BCUT2D eigenvalue weighted by Crippen LogP contribution is -2.32. The number of carbonyl (C=O) groups excluding carboxylic acids is 1. The standard InChI is InChI=1S/C13H14N2OS2/c14-10-2-1-3-11-9(10)6-12(18-11)13-7-15(8-16)4-5-17-13/h1-3,6,8,13H,4-5,7,14H2. The first-order valence-corrected chi connectivity index (χ1v) is 7.73. The Morgan fingerprint density at radius 2 is 2.33 bits per heavy atom. The quantitative estimate of drug-likeness (QED) is 0.678. The normalized spacial score (nSPS) is 20.2. The summed E-state index contributed by atoms with van der Waals surface area (Å²) >= 11 is 3.71. The highest BCUT2D eigenvalue weighted by Crippen LogP contribution is 2.40. The Morgan fingerprint density at radius 1 is 1.44 bits per heavy atom. The van der Waals surface area contributed by atoms with Crippen molar-refractivity contribution in [1.29, 1.82) is 0 Å². The molecular formula is C13H14N2OS2. The highest BCUT2D eigenvalue weighted by Gasteiger charge is 2.22. The first-order chi connectivity index (χ1) is 8.78. The minimum absolute atomic E-state index is 0.390. The van der Waals surface area contributed by atoms with Crippen molar-refractivity contribution in [3.8, 4) is 0 Å². The third-order valence-corrected chi connectivity index (χ3v) is 5.77. The van der Waals surface area contributed by atoms with E-state index in [1.807, 2.05) is 28.8 Å². The number of hydrogen-bond donors (Lipinski definition) is 1. The van der Waals surface area contributed by atoms with Crippen molar-refractivity contribution < 1.29 is 4.79 Å². The number of hydrogen-bond acceptors (Lipinski definition) is 4. The van der Waals surface area contributed by atoms with Crippen molar-refractivity contribution >= 4 is 45.3 Å². The van der Waals surface area contributed by atoms with E-state index in [0.717, 1.165) is 36.3 Å². The number of anilines is 1. The Kier molecular flexibility index (Phi) is 3.18. The number of nitrogens with two attached hydrogens (primary N) is 1. The number of rotatable bonds is 2. The number of thioether (sulfide) groups is 1. The second-order valence-electron chi connectivity index (χ2n) is 4.37. The molecule has 1 fully saturated rings. The number of nitrogens with zero attached hydrogens (tertiary/aromatic N) is 1. The fourth-order valence-electron chi connectivity index (χ4n) is 2.20. The van der Waals surface area contributed by atoms with Gasteiger partial charge in [0.15, 0.2) is 0 Å². The van der Waals surface area contributed by atoms with Gasteiger partial charge >= 0.3 is 0 Å². The van der Waals surface area contributed by atoms with Crippen molar-refractivity contribution in [3.05, 3.63) is 29.1 Å². The predicted molar refractivity (Wildman–Crippen MR) is 79.1 cm³/mol. The van der Waals surface area contributed by atoms with Crippen LogP contribution in [0, 0.1) is 0 Å². The van der Waals surface area contributed by atoms with Crippen LogP contribution in [0.5, 0.6) is 0 Å². The Bertz CT molecular complexity index is 581. The van der Waals surface area contributed by atoms with Gasteiger partial charge in [0.2, 0.25) is 6.41 Å². The average molecular weight is 278 g/mol. The molecule has 2 heterocycles. The molecule has 1 amide bonds. The highest BCUT2D eigenvalue weighted by atomic mass is 32.2. The van der Waals surface area contributed by atoms with Gasteiger partial charge in [0.1, 0.15) is 0 Å². The molecule has 1 aromatic carbocycles. The summed E-state index contributed by atoms with van der Waals surface area (Å²) in [6, 6.07) is 8.21. The smallest absolute Gasteiger partial charge is 0.209 e. The van der Waals surface area contributed by atoms with Gasteiger partial charge in [0, 0.05) is 39.5 Å². The van der Waals surface area contributed by atoms with Gasteiger partial charge in [-0.1, -0.05) is 6.07 Å². The molecule has 1 aliphatic rings. The van der Waals surface area contributed by atoms with E-state index in [1.54, 1.807) is 11.3 Å². The first kappa shape index (κ1) is 11.9. The van der Waals surface area contributed by atoms with Crippen LogP contribution in [0.2, 0.25) is 0 Å². The molecule has 18 heavy (non-hydrogen) atoms. The number of fused-ring (bicyclic) bond motifs is 1. The minimum atomic E-state index is 0.390. The summed E-state index contributed by atoms with van der Waals surface area (Å²) in [6.45, 7) is 1.67. The molecular weight excluding hydrogens is 264 g/mol. The van der Waals surface area contributed by atoms with E-state index in [1.165, 1.54) is 9.58 Å². The number of nitrogen functional groups attached to an aromatic ring is 1. The summed E-state index contributed by atoms with van der Waals surface area (Å²) in [7, 11) is 0. The molecule has 0 spiro atoms. The molecule has 0 bridgehead atoms. The van der Waals surface area contributed by atoms with E-state index in [4.69, 9.17) is 5.73 Å². The minimum Gasteiger partial charge on any atom is -0.398 e. The molecule has 0 radical (unpaired) electrons. The van der Waals surface area contributed by atoms with Crippen molar-refractivity contribution in [1.82, 2.24) is 4.90 Å². The molecule has 1 unspecified atom stereocenters. The van der Waals surface area contributed by atoms with Crippen molar-refractivity contribution in [2.75, 3.05) is 24.6 Å². The zero-order valence-corrected chi connectivity index (χ0v) is 11.5. The third-order valence-electron chi connectivity index (χ3n) is 3.18. The summed E-state index contributed by atoms with van der Waals surface area (Å²) in [4.78, 5) is 14.0. The molecule has 94 valence electrons. The summed E-state index contributed by atoms with van der Waals surface area (Å²) in [5.41, 5.74) is 6.82. The summed E-state index contributed by atoms with van der Waals surface area (Å²) < 4.78 is 1.23. The zero-order valence-electron chi connectivity index (χ0n) is 9.83. The topological polar surface area (TPSA) is 46.3 Å². The number of carbonyl (C=O) groups is 1. The molecule has 0 aliphatic carbocycles. The molecule has 5 heteroatoms. The van der Waals surface area contributed by atoms with Crippen LogP contribution in [-0.2, 0) is 4.79 Å². The molecule has 1 atom stereocenters. The molecule has 0 saturated carbocycles. The van der Waals surface area contributed by atoms with Gasteiger partial charge in [0.25, 0.3) is 0 Å². The lowest BCUT2D eigenvalue weighted by molar-refractivity contribution is -0.118. The maximum atomic E-state index is 10.9. The molecule has 3 rings (SSSR count). The highest BCUT2D eigenvalue weighted by molar-refractivity contribution is 7.99. The second-order valence-corrected chi connectivity index (χ2v) is 6.79. The molecule has 3 nitrogen and oxygen atoms in total. The van der Waals surface area contributed by atoms with Gasteiger partial charge in [-0.2, -0.15) is 0 Å². The fourth-order valence-corrected chi connectivity index (χ4v) is 4.77. The SMILES string of the molecule is Nc1cccc2sc(C3CN(C=O)CCS3)cc12. The predicted octanol–water partition coefficient (Wildman–Crippen LogP) is 2.73. The maximum absolute atomic E-state index is 10.9. The summed E-state index contributed by atoms with van der Waals surface area (Å²) in [5, 5.41) is 1.53. The Hall–Kier alpha value is -1.20. The van der Waals surface area contributed by atoms with Crippen molar-refractivity contribution in [3.63, 3.8) is 0 Å². The summed E-state index contributed by atoms with van der Waals surface area (Å²) in [5.74, 6) is 1.01. The van der Waals surface area contributed by atoms with Crippen LogP contribution in [0.3, 0.4) is 0 Å². The first-order valence-electron chi connectivity index (χ1n) is 5.87. The average Bonchev–Trinajstić information content (AvgIpc) is 2.84. The van der Waals surface area contributed by atoms with E-state index in [-0.39, 0.29) is 0 Å². The van der Waals surface area contributed by atoms with Gasteiger partial charge in [-0.3, -0.25) is 4.79 Å². The molecule has 2 aromatic rings. The van der Waals surface area contributed by atoms with Crippen LogP contribution < -0.4 is 5.73 Å². The number of amides is 1. The van der Waals surface area contributed by atoms with Crippen LogP contribution >= 0.6 is 23.1 Å². The summed E-state index contributed by atoms with van der Waals surface area (Å²) in [6.07, 6.45) is 0.953. The fraction of sp³-hybridized carbons (Fsp3) is 0.308. The van der Waals surface area contributed by atoms with Crippen LogP contribution in [-0.4, -0.2) is 30.2 Å². The number of benzene rings is 1. The Balaban J connectivity index is 1.94. The maximum Gasteiger partial charge on any atom is 0.209 e. The van der Waals surface area contributed by atoms with Crippen LogP contribution in [0.15, 0.2) is 24.3 Å². The van der Waals surface area contributed by atoms with Gasteiger partial charge in [-0.15, -0.1) is 23.1 Å². The largest absolute Gasteiger partial charge is 0.398 e. The zero-order chi connectivity index (χ0) is 12.5. The van der Waals surface area contributed by atoms with E-state index in [9.17, 15) is 4.79 Å². The van der Waals surface area contributed by atoms with Gasteiger partial charge in [-0.25, -0.2) is 0 Å². The molecule has 1 aliphatic heterocycles. The van der Waals surface area contributed by atoms with Crippen molar-refractivity contribution in [2.24, 2.45) is 0 Å². The molecule has 1 aromatic heterocycles. The van der Waals surface area contributed by atoms with Gasteiger partial charge in [-0.05, 0) is 18.2 Å². The van der Waals surface area contributed by atoms with Crippen molar-refractivity contribution in [2.45, 2.75) is 5.25 Å². The number of thiophene rings is 1. The Morgan fingerprint density at radius 3 is 3.11 bits per heavy atom. The van der Waals surface area contributed by atoms with Gasteiger partial charge < -0.3 is 10.6 Å². The van der Waals surface area contributed by atoms with Crippen LogP contribution in [0.1, 0.15) is 10.1 Å².